The summed E-state index contributed by atoms with van der Waals surface area (Å²) in [5, 5.41) is 2.89. The van der Waals surface area contributed by atoms with E-state index >= 15 is 0 Å². The van der Waals surface area contributed by atoms with E-state index in [0.717, 1.165) is 12.2 Å². The van der Waals surface area contributed by atoms with Crippen LogP contribution in [0.5, 0.6) is 0 Å². The fourth-order valence-electron chi connectivity index (χ4n) is 2.01. The third kappa shape index (κ3) is 2.26. The molecule has 2 N–H and O–H groups in total. The minimum Gasteiger partial charge on any atom is -0.348 e. The first-order valence-corrected chi connectivity index (χ1v) is 6.71. The van der Waals surface area contributed by atoms with Gasteiger partial charge in [0.2, 0.25) is 5.91 Å². The third-order valence-corrected chi connectivity index (χ3v) is 4.24. The van der Waals surface area contributed by atoms with Crippen LogP contribution in [-0.4, -0.2) is 21.1 Å². The Labute approximate surface area is 109 Å². The van der Waals surface area contributed by atoms with E-state index in [9.17, 15) is 4.79 Å². The fraction of sp³-hybridized carbons (Fsp3) is 0.231. The summed E-state index contributed by atoms with van der Waals surface area (Å²) in [6, 6.07) is 8.18. The molecule has 3 rings (SSSR count). The van der Waals surface area contributed by atoms with Gasteiger partial charge in [0.25, 0.3) is 0 Å². The zero-order chi connectivity index (χ0) is 12.4. The Kier molecular flexibility index (Phi) is 3.06. The lowest BCUT2D eigenvalue weighted by molar-refractivity contribution is -0.120. The Balaban J connectivity index is 1.59. The van der Waals surface area contributed by atoms with Gasteiger partial charge in [-0.05, 0) is 18.1 Å². The fourth-order valence-corrected chi connectivity index (χ4v) is 3.23. The average Bonchev–Trinajstić information content (AvgIpc) is 3.04. The standard InChI is InChI=1S/C13H13N3OS/c17-13(16-8-12-14-5-6-15-12)11-7-9-3-1-2-4-10(9)18-11/h1-6,11H,7-8H2,(H,14,15)(H,16,17). The van der Waals surface area contributed by atoms with Gasteiger partial charge in [0.1, 0.15) is 5.82 Å². The van der Waals surface area contributed by atoms with E-state index in [0.29, 0.717) is 6.54 Å². The van der Waals surface area contributed by atoms with Crippen LogP contribution in [0.2, 0.25) is 0 Å². The van der Waals surface area contributed by atoms with Gasteiger partial charge < -0.3 is 10.3 Å². The van der Waals surface area contributed by atoms with Crippen molar-refractivity contribution in [2.24, 2.45) is 0 Å². The van der Waals surface area contributed by atoms with Crippen LogP contribution in [0, 0.1) is 0 Å². The molecule has 2 heterocycles. The molecule has 1 unspecified atom stereocenters. The third-order valence-electron chi connectivity index (χ3n) is 2.92. The highest BCUT2D eigenvalue weighted by Crippen LogP contribution is 2.36. The van der Waals surface area contributed by atoms with Gasteiger partial charge in [-0.2, -0.15) is 0 Å². The van der Waals surface area contributed by atoms with Crippen molar-refractivity contribution in [1.82, 2.24) is 15.3 Å². The van der Waals surface area contributed by atoms with Gasteiger partial charge in [-0.3, -0.25) is 4.79 Å². The molecular weight excluding hydrogens is 246 g/mol. The van der Waals surface area contributed by atoms with E-state index in [4.69, 9.17) is 0 Å². The zero-order valence-electron chi connectivity index (χ0n) is 9.72. The van der Waals surface area contributed by atoms with E-state index in [1.807, 2.05) is 12.1 Å². The first kappa shape index (κ1) is 11.3. The second-order valence-corrected chi connectivity index (χ2v) is 5.42. The topological polar surface area (TPSA) is 57.8 Å². The molecule has 1 aromatic carbocycles. The number of fused-ring (bicyclic) bond motifs is 1. The predicted octanol–water partition coefficient (Wildman–Crippen LogP) is 1.74. The molecule has 0 spiro atoms. The van der Waals surface area contributed by atoms with Crippen LogP contribution < -0.4 is 5.32 Å². The largest absolute Gasteiger partial charge is 0.348 e. The summed E-state index contributed by atoms with van der Waals surface area (Å²) >= 11 is 1.64. The van der Waals surface area contributed by atoms with Crippen molar-refractivity contribution in [2.45, 2.75) is 23.1 Å². The number of hydrogen-bond donors (Lipinski definition) is 2. The van der Waals surface area contributed by atoms with Gasteiger partial charge >= 0.3 is 0 Å². The number of benzene rings is 1. The molecule has 0 saturated heterocycles. The summed E-state index contributed by atoms with van der Waals surface area (Å²) in [6.07, 6.45) is 4.24. The lowest BCUT2D eigenvalue weighted by Crippen LogP contribution is -2.32. The zero-order valence-corrected chi connectivity index (χ0v) is 10.5. The molecule has 1 aromatic heterocycles. The number of rotatable bonds is 3. The Morgan fingerprint density at radius 3 is 3.17 bits per heavy atom. The monoisotopic (exact) mass is 259 g/mol. The number of thioether (sulfide) groups is 1. The van der Waals surface area contributed by atoms with Crippen LogP contribution in [-0.2, 0) is 17.8 Å². The second-order valence-electron chi connectivity index (χ2n) is 4.17. The van der Waals surface area contributed by atoms with E-state index in [1.165, 1.54) is 10.5 Å². The molecule has 1 atom stereocenters. The number of aromatic amines is 1. The van der Waals surface area contributed by atoms with E-state index in [2.05, 4.69) is 27.4 Å². The molecule has 1 amide bonds. The van der Waals surface area contributed by atoms with E-state index < -0.39 is 0 Å². The number of imidazole rings is 1. The molecular formula is C13H13N3OS. The Morgan fingerprint density at radius 2 is 2.39 bits per heavy atom. The molecule has 4 nitrogen and oxygen atoms in total. The van der Waals surface area contributed by atoms with Crippen molar-refractivity contribution in [3.05, 3.63) is 48.0 Å². The minimum atomic E-state index is -0.0163. The highest BCUT2D eigenvalue weighted by atomic mass is 32.2. The number of amides is 1. The maximum atomic E-state index is 12.0. The maximum absolute atomic E-state index is 12.0. The number of hydrogen-bond acceptors (Lipinski definition) is 3. The van der Waals surface area contributed by atoms with Crippen LogP contribution >= 0.6 is 11.8 Å². The summed E-state index contributed by atoms with van der Waals surface area (Å²) in [6.45, 7) is 0.458. The second kappa shape index (κ2) is 4.86. The molecule has 0 saturated carbocycles. The van der Waals surface area contributed by atoms with Gasteiger partial charge in [0.05, 0.1) is 11.8 Å². The molecule has 5 heteroatoms. The number of nitrogens with one attached hydrogen (secondary N) is 2. The van der Waals surface area contributed by atoms with Crippen LogP contribution in [0.1, 0.15) is 11.4 Å². The molecule has 2 aromatic rings. The summed E-state index contributed by atoms with van der Waals surface area (Å²) < 4.78 is 0. The van der Waals surface area contributed by atoms with Crippen LogP contribution in [0.15, 0.2) is 41.6 Å². The van der Waals surface area contributed by atoms with Crippen molar-refractivity contribution < 1.29 is 4.79 Å². The summed E-state index contributed by atoms with van der Waals surface area (Å²) in [7, 11) is 0. The van der Waals surface area contributed by atoms with Gasteiger partial charge in [0, 0.05) is 17.3 Å². The Hall–Kier alpha value is -1.75. The summed E-state index contributed by atoms with van der Waals surface area (Å²) in [5.74, 6) is 0.858. The van der Waals surface area contributed by atoms with Crippen LogP contribution in [0.4, 0.5) is 0 Å². The number of carbonyl (C=O) groups excluding carboxylic acids is 1. The van der Waals surface area contributed by atoms with E-state index in [1.54, 1.807) is 24.2 Å². The Morgan fingerprint density at radius 1 is 1.50 bits per heavy atom. The van der Waals surface area contributed by atoms with E-state index in [-0.39, 0.29) is 11.2 Å². The van der Waals surface area contributed by atoms with Crippen molar-refractivity contribution >= 4 is 17.7 Å². The van der Waals surface area contributed by atoms with Gasteiger partial charge in [-0.1, -0.05) is 18.2 Å². The van der Waals surface area contributed by atoms with Crippen molar-refractivity contribution in [3.8, 4) is 0 Å². The maximum Gasteiger partial charge on any atom is 0.234 e. The van der Waals surface area contributed by atoms with Gasteiger partial charge in [-0.15, -0.1) is 11.8 Å². The van der Waals surface area contributed by atoms with Crippen molar-refractivity contribution in [3.63, 3.8) is 0 Å². The minimum absolute atomic E-state index is 0.0163. The molecule has 0 fully saturated rings. The normalized spacial score (nSPS) is 17.4. The average molecular weight is 259 g/mol. The molecule has 0 aliphatic carbocycles. The molecule has 0 bridgehead atoms. The highest BCUT2D eigenvalue weighted by molar-refractivity contribution is 8.01. The molecule has 0 radical (unpaired) electrons. The molecule has 18 heavy (non-hydrogen) atoms. The van der Waals surface area contributed by atoms with Crippen molar-refractivity contribution in [1.29, 1.82) is 0 Å². The van der Waals surface area contributed by atoms with Gasteiger partial charge in [0.15, 0.2) is 0 Å². The number of nitrogens with zero attached hydrogens (tertiary/aromatic N) is 1. The molecule has 1 aliphatic rings. The Bertz CT molecular complexity index is 528. The first-order chi connectivity index (χ1) is 8.83. The summed E-state index contributed by atoms with van der Waals surface area (Å²) in [4.78, 5) is 20.3. The summed E-state index contributed by atoms with van der Waals surface area (Å²) in [5.41, 5.74) is 1.26. The smallest absolute Gasteiger partial charge is 0.234 e. The highest BCUT2D eigenvalue weighted by Gasteiger charge is 2.27. The number of carbonyl (C=O) groups is 1. The van der Waals surface area contributed by atoms with Gasteiger partial charge in [-0.25, -0.2) is 4.98 Å². The lowest BCUT2D eigenvalue weighted by Gasteiger charge is -2.08. The lowest BCUT2D eigenvalue weighted by atomic mass is 10.1. The number of aromatic nitrogens is 2. The number of H-pyrrole nitrogens is 1. The molecule has 92 valence electrons. The molecule has 1 aliphatic heterocycles. The van der Waals surface area contributed by atoms with Crippen molar-refractivity contribution in [2.75, 3.05) is 0 Å². The predicted molar refractivity (Wildman–Crippen MR) is 70.2 cm³/mol. The SMILES string of the molecule is O=C(NCc1ncc[nH]1)C1Cc2ccccc2S1. The first-order valence-electron chi connectivity index (χ1n) is 5.83. The van der Waals surface area contributed by atoms with Crippen LogP contribution in [0.3, 0.4) is 0 Å². The quantitative estimate of drug-likeness (QED) is 0.882. The van der Waals surface area contributed by atoms with Crippen LogP contribution in [0.25, 0.3) is 0 Å².